The fourth-order valence-electron chi connectivity index (χ4n) is 3.60. The maximum atomic E-state index is 12.2. The number of benzene rings is 2. The van der Waals surface area contributed by atoms with Gasteiger partial charge in [0.25, 0.3) is 0 Å². The molecular weight excluding hydrogens is 314 g/mol. The lowest BCUT2D eigenvalue weighted by Gasteiger charge is -2.13. The minimum atomic E-state index is 0.0500. The van der Waals surface area contributed by atoms with Crippen LogP contribution < -0.4 is 10.1 Å². The quantitative estimate of drug-likeness (QED) is 0.812. The van der Waals surface area contributed by atoms with Gasteiger partial charge in [-0.3, -0.25) is 9.59 Å². The summed E-state index contributed by atoms with van der Waals surface area (Å²) < 4.78 is 5.33. The zero-order valence-corrected chi connectivity index (χ0v) is 14.9. The molecule has 0 aliphatic heterocycles. The van der Waals surface area contributed by atoms with E-state index >= 15 is 0 Å². The van der Waals surface area contributed by atoms with Crippen LogP contribution in [0, 0.1) is 5.92 Å². The van der Waals surface area contributed by atoms with Crippen molar-refractivity contribution in [3.63, 3.8) is 0 Å². The Kier molecular flexibility index (Phi) is 5.37. The Labute approximate surface area is 148 Å². The van der Waals surface area contributed by atoms with E-state index in [2.05, 4.69) is 5.32 Å². The first-order valence-electron chi connectivity index (χ1n) is 8.98. The summed E-state index contributed by atoms with van der Waals surface area (Å²) in [6, 6.07) is 9.72. The molecule has 2 aromatic carbocycles. The van der Waals surface area contributed by atoms with Gasteiger partial charge in [-0.2, -0.15) is 0 Å². The van der Waals surface area contributed by atoms with Gasteiger partial charge in [0.2, 0.25) is 5.91 Å². The number of fused-ring (bicyclic) bond motifs is 1. The van der Waals surface area contributed by atoms with E-state index in [-0.39, 0.29) is 17.6 Å². The smallest absolute Gasteiger partial charge is 0.223 e. The zero-order valence-electron chi connectivity index (χ0n) is 14.9. The summed E-state index contributed by atoms with van der Waals surface area (Å²) >= 11 is 0. The van der Waals surface area contributed by atoms with Gasteiger partial charge in [0.1, 0.15) is 5.75 Å². The molecule has 2 aromatic rings. The van der Waals surface area contributed by atoms with Crippen LogP contribution in [0.1, 0.15) is 48.5 Å². The van der Waals surface area contributed by atoms with Crippen LogP contribution in [0.5, 0.6) is 5.75 Å². The van der Waals surface area contributed by atoms with Crippen LogP contribution in [0.25, 0.3) is 10.8 Å². The predicted molar refractivity (Wildman–Crippen MR) is 99.2 cm³/mol. The highest BCUT2D eigenvalue weighted by Gasteiger charge is 2.22. The van der Waals surface area contributed by atoms with Crippen LogP contribution in [0.3, 0.4) is 0 Å². The van der Waals surface area contributed by atoms with Crippen LogP contribution in [0.4, 0.5) is 0 Å². The third-order valence-electron chi connectivity index (χ3n) is 5.07. The van der Waals surface area contributed by atoms with Gasteiger partial charge >= 0.3 is 0 Å². The van der Waals surface area contributed by atoms with Crippen molar-refractivity contribution >= 4 is 22.5 Å². The lowest BCUT2D eigenvalue weighted by atomic mass is 9.97. The first kappa shape index (κ1) is 17.5. The number of rotatable bonds is 6. The van der Waals surface area contributed by atoms with E-state index in [0.717, 1.165) is 47.8 Å². The van der Waals surface area contributed by atoms with E-state index in [1.807, 2.05) is 30.3 Å². The highest BCUT2D eigenvalue weighted by Crippen LogP contribution is 2.27. The van der Waals surface area contributed by atoms with E-state index in [4.69, 9.17) is 4.74 Å². The number of hydrogen-bond acceptors (Lipinski definition) is 3. The number of ketones is 1. The normalized spacial score (nSPS) is 14.6. The molecule has 25 heavy (non-hydrogen) atoms. The van der Waals surface area contributed by atoms with Gasteiger partial charge in [-0.1, -0.05) is 18.9 Å². The topological polar surface area (TPSA) is 55.4 Å². The Bertz CT molecular complexity index is 791. The van der Waals surface area contributed by atoms with Gasteiger partial charge in [0.15, 0.2) is 5.78 Å². The second kappa shape index (κ2) is 7.68. The third kappa shape index (κ3) is 4.01. The van der Waals surface area contributed by atoms with E-state index in [1.165, 1.54) is 0 Å². The molecule has 1 aliphatic rings. The summed E-state index contributed by atoms with van der Waals surface area (Å²) in [5.74, 6) is 1.19. The molecule has 1 amide bonds. The Hall–Kier alpha value is -2.36. The van der Waals surface area contributed by atoms with Crippen molar-refractivity contribution in [3.8, 4) is 5.75 Å². The summed E-state index contributed by atoms with van der Waals surface area (Å²) in [6.45, 7) is 2.17. The summed E-state index contributed by atoms with van der Waals surface area (Å²) in [5.41, 5.74) is 1.77. The number of amides is 1. The van der Waals surface area contributed by atoms with Gasteiger partial charge in [0, 0.05) is 18.0 Å². The number of hydrogen-bond donors (Lipinski definition) is 1. The number of methoxy groups -OCH3 is 1. The van der Waals surface area contributed by atoms with Crippen molar-refractivity contribution in [2.75, 3.05) is 13.7 Å². The number of nitrogens with one attached hydrogen (secondary N) is 1. The van der Waals surface area contributed by atoms with Crippen molar-refractivity contribution in [1.29, 1.82) is 0 Å². The molecule has 0 spiro atoms. The summed E-state index contributed by atoms with van der Waals surface area (Å²) in [4.78, 5) is 24.0. The molecule has 0 saturated heterocycles. The molecule has 4 nitrogen and oxygen atoms in total. The molecule has 1 N–H and O–H groups in total. The molecule has 1 saturated carbocycles. The second-order valence-electron chi connectivity index (χ2n) is 6.80. The molecule has 1 aliphatic carbocycles. The van der Waals surface area contributed by atoms with Crippen molar-refractivity contribution in [2.45, 2.75) is 39.0 Å². The molecule has 0 atom stereocenters. The molecule has 0 radical (unpaired) electrons. The van der Waals surface area contributed by atoms with E-state index in [9.17, 15) is 9.59 Å². The average Bonchev–Trinajstić information content (AvgIpc) is 3.15. The molecule has 4 heteroatoms. The van der Waals surface area contributed by atoms with Gasteiger partial charge in [-0.05, 0) is 66.8 Å². The molecule has 0 bridgehead atoms. The number of ether oxygens (including phenoxy) is 1. The monoisotopic (exact) mass is 339 g/mol. The van der Waals surface area contributed by atoms with Crippen LogP contribution in [0.15, 0.2) is 30.3 Å². The Morgan fingerprint density at radius 3 is 2.60 bits per heavy atom. The second-order valence-corrected chi connectivity index (χ2v) is 6.80. The van der Waals surface area contributed by atoms with E-state index in [0.29, 0.717) is 18.5 Å². The fourth-order valence-corrected chi connectivity index (χ4v) is 3.60. The van der Waals surface area contributed by atoms with E-state index in [1.54, 1.807) is 14.0 Å². The molecule has 0 aromatic heterocycles. The predicted octanol–water partition coefficient (Wildman–Crippen LogP) is 3.90. The molecule has 1 fully saturated rings. The van der Waals surface area contributed by atoms with Crippen molar-refractivity contribution in [3.05, 3.63) is 41.5 Å². The molecule has 0 heterocycles. The molecule has 3 rings (SSSR count). The largest absolute Gasteiger partial charge is 0.497 e. The maximum absolute atomic E-state index is 12.2. The number of Topliss-reactive ketones (excluding diaryl/α,β-unsaturated/α-hetero) is 1. The van der Waals surface area contributed by atoms with Crippen molar-refractivity contribution in [1.82, 2.24) is 5.32 Å². The lowest BCUT2D eigenvalue weighted by Crippen LogP contribution is -2.31. The fraction of sp³-hybridized carbons (Fsp3) is 0.429. The van der Waals surface area contributed by atoms with Crippen LogP contribution >= 0.6 is 0 Å². The van der Waals surface area contributed by atoms with Crippen molar-refractivity contribution < 1.29 is 14.3 Å². The summed E-state index contributed by atoms with van der Waals surface area (Å²) in [5, 5.41) is 5.15. The molecule has 132 valence electrons. The highest BCUT2D eigenvalue weighted by molar-refractivity contribution is 6.00. The van der Waals surface area contributed by atoms with Gasteiger partial charge in [-0.25, -0.2) is 0 Å². The third-order valence-corrected chi connectivity index (χ3v) is 5.07. The van der Waals surface area contributed by atoms with Crippen LogP contribution in [-0.2, 0) is 11.2 Å². The Balaban J connectivity index is 1.80. The summed E-state index contributed by atoms with van der Waals surface area (Å²) in [7, 11) is 1.65. The lowest BCUT2D eigenvalue weighted by molar-refractivity contribution is -0.124. The zero-order chi connectivity index (χ0) is 17.8. The first-order valence-corrected chi connectivity index (χ1v) is 8.98. The highest BCUT2D eigenvalue weighted by atomic mass is 16.5. The average molecular weight is 339 g/mol. The molecular formula is C21H25NO3. The standard InChI is InChI=1S/C21H25NO3/c1-14(23)18-11-16-7-8-19(25-2)13-20(16)17(12-18)9-10-22-21(24)15-5-3-4-6-15/h7-8,11-13,15H,3-6,9-10H2,1-2H3,(H,22,24). The van der Waals surface area contributed by atoms with Gasteiger partial charge in [0.05, 0.1) is 7.11 Å². The summed E-state index contributed by atoms with van der Waals surface area (Å²) in [6.07, 6.45) is 5.02. The molecule has 0 unspecified atom stereocenters. The minimum absolute atomic E-state index is 0.0500. The van der Waals surface area contributed by atoms with Crippen LogP contribution in [-0.4, -0.2) is 25.3 Å². The van der Waals surface area contributed by atoms with Gasteiger partial charge in [-0.15, -0.1) is 0 Å². The SMILES string of the molecule is COc1ccc2cc(C(C)=O)cc(CCNC(=O)C3CCCC3)c2c1. The van der Waals surface area contributed by atoms with Crippen LogP contribution in [0.2, 0.25) is 0 Å². The minimum Gasteiger partial charge on any atom is -0.497 e. The van der Waals surface area contributed by atoms with E-state index < -0.39 is 0 Å². The Morgan fingerprint density at radius 2 is 1.92 bits per heavy atom. The first-order chi connectivity index (χ1) is 12.1. The van der Waals surface area contributed by atoms with Crippen molar-refractivity contribution in [2.24, 2.45) is 5.92 Å². The Morgan fingerprint density at radius 1 is 1.16 bits per heavy atom. The maximum Gasteiger partial charge on any atom is 0.223 e. The number of carbonyl (C=O) groups is 2. The number of carbonyl (C=O) groups excluding carboxylic acids is 2. The van der Waals surface area contributed by atoms with Gasteiger partial charge < -0.3 is 10.1 Å².